The highest BCUT2D eigenvalue weighted by atomic mass is 32.2. The maximum absolute atomic E-state index is 12.4. The number of carbonyl (C=O) groups is 2. The van der Waals surface area contributed by atoms with E-state index in [0.29, 0.717) is 12.0 Å². The first kappa shape index (κ1) is 18.2. The molecule has 2 N–H and O–H groups in total. The average Bonchev–Trinajstić information content (AvgIpc) is 2.37. The van der Waals surface area contributed by atoms with Crippen LogP contribution >= 0.6 is 0 Å². The molecule has 0 bridgehead atoms. The second kappa shape index (κ2) is 6.48. The minimum atomic E-state index is -3.44. The molecule has 0 saturated heterocycles. The number of hydrogen-bond donors (Lipinski definition) is 2. The fraction of sp³-hybridized carbons (Fsp3) is 0.467. The van der Waals surface area contributed by atoms with E-state index in [-0.39, 0.29) is 16.9 Å². The van der Waals surface area contributed by atoms with E-state index in [4.69, 9.17) is 0 Å². The van der Waals surface area contributed by atoms with Gasteiger partial charge in [0.15, 0.2) is 9.84 Å². The number of benzene rings is 1. The quantitative estimate of drug-likeness (QED) is 0.829. The van der Waals surface area contributed by atoms with Gasteiger partial charge in [0.1, 0.15) is 5.54 Å². The van der Waals surface area contributed by atoms with Gasteiger partial charge in [-0.05, 0) is 38.0 Å². The third-order valence-electron chi connectivity index (χ3n) is 3.49. The normalized spacial score (nSPS) is 14.2. The molecular weight excluding hydrogens is 306 g/mol. The maximum Gasteiger partial charge on any atom is 0.329 e. The summed E-state index contributed by atoms with van der Waals surface area (Å²) in [4.78, 5) is 23.8. The summed E-state index contributed by atoms with van der Waals surface area (Å²) in [6, 6.07) is 4.22. The van der Waals surface area contributed by atoms with Crippen molar-refractivity contribution in [2.45, 2.75) is 44.0 Å². The Morgan fingerprint density at radius 3 is 2.36 bits per heavy atom. The summed E-state index contributed by atoms with van der Waals surface area (Å²) in [5, 5.41) is 11.8. The van der Waals surface area contributed by atoms with E-state index in [9.17, 15) is 23.1 Å². The lowest BCUT2D eigenvalue weighted by Gasteiger charge is -2.26. The zero-order valence-corrected chi connectivity index (χ0v) is 14.0. The average molecular weight is 327 g/mol. The number of sulfone groups is 1. The second-order valence-electron chi connectivity index (χ2n) is 5.59. The van der Waals surface area contributed by atoms with Crippen molar-refractivity contribution in [1.82, 2.24) is 5.32 Å². The molecule has 1 aromatic rings. The molecule has 1 rings (SSSR count). The predicted octanol–water partition coefficient (Wildman–Crippen LogP) is 1.77. The van der Waals surface area contributed by atoms with E-state index in [1.807, 2.05) is 6.92 Å². The molecule has 0 fully saturated rings. The topological polar surface area (TPSA) is 101 Å². The molecule has 1 amide bonds. The largest absolute Gasteiger partial charge is 0.480 e. The minimum absolute atomic E-state index is 0.0239. The molecule has 1 aromatic carbocycles. The van der Waals surface area contributed by atoms with Crippen LogP contribution in [0, 0.1) is 6.92 Å². The number of rotatable bonds is 6. The molecule has 1 atom stereocenters. The van der Waals surface area contributed by atoms with Crippen LogP contribution in [0.25, 0.3) is 0 Å². The summed E-state index contributed by atoms with van der Waals surface area (Å²) in [7, 11) is -3.44. The van der Waals surface area contributed by atoms with Crippen LogP contribution in [-0.2, 0) is 14.6 Å². The van der Waals surface area contributed by atoms with Crippen LogP contribution in [0.4, 0.5) is 0 Å². The van der Waals surface area contributed by atoms with Crippen molar-refractivity contribution in [1.29, 1.82) is 0 Å². The highest BCUT2D eigenvalue weighted by Crippen LogP contribution is 2.18. The molecule has 0 spiro atoms. The predicted molar refractivity (Wildman–Crippen MR) is 82.7 cm³/mol. The van der Waals surface area contributed by atoms with Crippen molar-refractivity contribution >= 4 is 21.7 Å². The van der Waals surface area contributed by atoms with E-state index in [2.05, 4.69) is 5.32 Å². The number of aryl methyl sites for hydroxylation is 1. The van der Waals surface area contributed by atoms with Crippen LogP contribution in [0.3, 0.4) is 0 Å². The van der Waals surface area contributed by atoms with Gasteiger partial charge in [-0.3, -0.25) is 4.79 Å². The summed E-state index contributed by atoms with van der Waals surface area (Å²) >= 11 is 0. The zero-order chi connectivity index (χ0) is 17.1. The monoisotopic (exact) mass is 327 g/mol. The maximum atomic E-state index is 12.4. The van der Waals surface area contributed by atoms with Crippen molar-refractivity contribution in [2.24, 2.45) is 0 Å². The number of carbonyl (C=O) groups excluding carboxylic acids is 1. The lowest BCUT2D eigenvalue weighted by Crippen LogP contribution is -2.52. The van der Waals surface area contributed by atoms with Crippen LogP contribution < -0.4 is 5.32 Å². The Labute approximate surface area is 130 Å². The van der Waals surface area contributed by atoms with Crippen molar-refractivity contribution in [3.05, 3.63) is 29.3 Å². The Morgan fingerprint density at radius 2 is 1.91 bits per heavy atom. The van der Waals surface area contributed by atoms with E-state index in [1.165, 1.54) is 25.1 Å². The fourth-order valence-electron chi connectivity index (χ4n) is 2.12. The zero-order valence-electron chi connectivity index (χ0n) is 13.1. The van der Waals surface area contributed by atoms with Gasteiger partial charge >= 0.3 is 5.97 Å². The van der Waals surface area contributed by atoms with E-state index < -0.39 is 27.3 Å². The standard InChI is InChI=1S/C15H21NO5S/c1-5-8-15(3,14(18)19)16-13(17)12-9-11(22(4,20)21)7-6-10(12)2/h6-7,9H,5,8H2,1-4H3,(H,16,17)(H,18,19). The van der Waals surface area contributed by atoms with Crippen molar-refractivity contribution < 1.29 is 23.1 Å². The summed E-state index contributed by atoms with van der Waals surface area (Å²) in [5.74, 6) is -1.72. The van der Waals surface area contributed by atoms with E-state index in [1.54, 1.807) is 6.92 Å². The molecule has 0 radical (unpaired) electrons. The van der Waals surface area contributed by atoms with Gasteiger partial charge in [-0.15, -0.1) is 0 Å². The van der Waals surface area contributed by atoms with Crippen LogP contribution in [0.2, 0.25) is 0 Å². The second-order valence-corrected chi connectivity index (χ2v) is 7.61. The number of aliphatic carboxylic acids is 1. The molecule has 7 heteroatoms. The van der Waals surface area contributed by atoms with Crippen molar-refractivity contribution in [2.75, 3.05) is 6.26 Å². The van der Waals surface area contributed by atoms with Gasteiger partial charge < -0.3 is 10.4 Å². The summed E-state index contributed by atoms with van der Waals surface area (Å²) in [5.41, 5.74) is -0.653. The minimum Gasteiger partial charge on any atom is -0.480 e. The first-order valence-electron chi connectivity index (χ1n) is 6.88. The van der Waals surface area contributed by atoms with Gasteiger partial charge in [-0.25, -0.2) is 13.2 Å². The van der Waals surface area contributed by atoms with Gasteiger partial charge in [0.25, 0.3) is 5.91 Å². The lowest BCUT2D eigenvalue weighted by molar-refractivity contribution is -0.144. The van der Waals surface area contributed by atoms with Gasteiger partial charge in [0.05, 0.1) is 4.90 Å². The summed E-state index contributed by atoms with van der Waals surface area (Å²) in [6.07, 6.45) is 1.92. The van der Waals surface area contributed by atoms with Gasteiger partial charge in [0, 0.05) is 11.8 Å². The van der Waals surface area contributed by atoms with Crippen molar-refractivity contribution in [3.8, 4) is 0 Å². The number of nitrogens with one attached hydrogen (secondary N) is 1. The first-order chi connectivity index (χ1) is 10.0. The van der Waals surface area contributed by atoms with E-state index >= 15 is 0 Å². The fourth-order valence-corrected chi connectivity index (χ4v) is 2.76. The number of carboxylic acids is 1. The number of hydrogen-bond acceptors (Lipinski definition) is 4. The molecule has 0 aliphatic heterocycles. The van der Waals surface area contributed by atoms with Gasteiger partial charge in [-0.2, -0.15) is 0 Å². The van der Waals surface area contributed by atoms with Crippen molar-refractivity contribution in [3.63, 3.8) is 0 Å². The molecule has 0 aliphatic rings. The van der Waals surface area contributed by atoms with Gasteiger partial charge in [-0.1, -0.05) is 19.4 Å². The molecule has 22 heavy (non-hydrogen) atoms. The van der Waals surface area contributed by atoms with E-state index in [0.717, 1.165) is 6.26 Å². The number of amides is 1. The Morgan fingerprint density at radius 1 is 1.32 bits per heavy atom. The SMILES string of the molecule is CCCC(C)(NC(=O)c1cc(S(C)(=O)=O)ccc1C)C(=O)O. The molecule has 0 aromatic heterocycles. The summed E-state index contributed by atoms with van der Waals surface area (Å²) in [6.45, 7) is 4.92. The Balaban J connectivity index is 3.20. The third-order valence-corrected chi connectivity index (χ3v) is 4.60. The first-order valence-corrected chi connectivity index (χ1v) is 8.77. The highest BCUT2D eigenvalue weighted by molar-refractivity contribution is 7.90. The van der Waals surface area contributed by atoms with Gasteiger partial charge in [0.2, 0.25) is 0 Å². The molecule has 6 nitrogen and oxygen atoms in total. The molecule has 1 unspecified atom stereocenters. The smallest absolute Gasteiger partial charge is 0.329 e. The molecular formula is C15H21NO5S. The third kappa shape index (κ3) is 4.07. The van der Waals surface area contributed by atoms with Crippen LogP contribution in [0.5, 0.6) is 0 Å². The van der Waals surface area contributed by atoms with Crippen LogP contribution in [-0.4, -0.2) is 37.2 Å². The van der Waals surface area contributed by atoms with Crippen LogP contribution in [0.15, 0.2) is 23.1 Å². The summed E-state index contributed by atoms with van der Waals surface area (Å²) < 4.78 is 23.2. The molecule has 122 valence electrons. The Bertz CT molecular complexity index is 696. The Hall–Kier alpha value is -1.89. The van der Waals surface area contributed by atoms with Crippen LogP contribution in [0.1, 0.15) is 42.6 Å². The number of carboxylic acid groups (broad SMARTS) is 1. The lowest BCUT2D eigenvalue weighted by atomic mass is 9.95. The highest BCUT2D eigenvalue weighted by Gasteiger charge is 2.34. The molecule has 0 saturated carbocycles. The molecule has 0 heterocycles. The molecule has 0 aliphatic carbocycles. The Kier molecular flexibility index (Phi) is 5.35.